The number of oxazole rings is 1. The number of carboxylic acid groups (broad SMARTS) is 1. The molecule has 2 unspecified atom stereocenters. The summed E-state index contributed by atoms with van der Waals surface area (Å²) in [5.41, 5.74) is 0.107. The third-order valence-electron chi connectivity index (χ3n) is 3.48. The maximum absolute atomic E-state index is 11.4. The van der Waals surface area contributed by atoms with Gasteiger partial charge in [-0.25, -0.2) is 4.79 Å². The molecule has 1 fully saturated rings. The zero-order valence-electron chi connectivity index (χ0n) is 11.3. The molecule has 2 atom stereocenters. The van der Waals surface area contributed by atoms with Crippen LogP contribution >= 0.6 is 0 Å². The van der Waals surface area contributed by atoms with Crippen LogP contribution in [0.1, 0.15) is 36.7 Å². The molecule has 0 radical (unpaired) electrons. The number of carboxylic acids is 1. The van der Waals surface area contributed by atoms with Crippen LogP contribution in [0.4, 0.5) is 6.01 Å². The second-order valence-electron chi connectivity index (χ2n) is 4.77. The number of nitrogens with one attached hydrogen (secondary N) is 1. The Labute approximate surface area is 116 Å². The SMILES string of the molecule is CCOC(=O)c1coc(NCC2CCCC2C(=O)O)n1. The summed E-state index contributed by atoms with van der Waals surface area (Å²) in [7, 11) is 0. The van der Waals surface area contributed by atoms with Gasteiger partial charge in [0.05, 0.1) is 12.5 Å². The highest BCUT2D eigenvalue weighted by molar-refractivity contribution is 5.87. The summed E-state index contributed by atoms with van der Waals surface area (Å²) in [6.07, 6.45) is 3.73. The first kappa shape index (κ1) is 14.4. The van der Waals surface area contributed by atoms with Crippen molar-refractivity contribution in [3.63, 3.8) is 0 Å². The first-order valence-corrected chi connectivity index (χ1v) is 6.71. The maximum atomic E-state index is 11.4. The lowest BCUT2D eigenvalue weighted by Gasteiger charge is -2.15. The molecule has 0 bridgehead atoms. The molecule has 0 aromatic carbocycles. The second kappa shape index (κ2) is 6.40. The molecule has 1 heterocycles. The van der Waals surface area contributed by atoms with E-state index in [1.165, 1.54) is 6.26 Å². The largest absolute Gasteiger partial charge is 0.481 e. The summed E-state index contributed by atoms with van der Waals surface area (Å²) >= 11 is 0. The van der Waals surface area contributed by atoms with Crippen LogP contribution in [-0.2, 0) is 9.53 Å². The van der Waals surface area contributed by atoms with Gasteiger partial charge in [0, 0.05) is 6.54 Å². The molecule has 1 aromatic heterocycles. The van der Waals surface area contributed by atoms with Crippen molar-refractivity contribution in [1.82, 2.24) is 4.98 Å². The fourth-order valence-corrected chi connectivity index (χ4v) is 2.48. The van der Waals surface area contributed by atoms with Crippen LogP contribution in [0, 0.1) is 11.8 Å². The molecule has 2 N–H and O–H groups in total. The standard InChI is InChI=1S/C13H18N2O5/c1-2-19-12(18)10-7-20-13(15-10)14-6-8-4-3-5-9(8)11(16)17/h7-9H,2-6H2,1H3,(H,14,15)(H,16,17). The number of aromatic nitrogens is 1. The number of aliphatic carboxylic acids is 1. The van der Waals surface area contributed by atoms with Gasteiger partial charge in [-0.1, -0.05) is 6.42 Å². The van der Waals surface area contributed by atoms with Crippen LogP contribution in [0.2, 0.25) is 0 Å². The highest BCUT2D eigenvalue weighted by Gasteiger charge is 2.32. The van der Waals surface area contributed by atoms with Gasteiger partial charge in [0.25, 0.3) is 6.01 Å². The number of anilines is 1. The third-order valence-corrected chi connectivity index (χ3v) is 3.48. The van der Waals surface area contributed by atoms with Gasteiger partial charge in [0.15, 0.2) is 5.69 Å². The van der Waals surface area contributed by atoms with Gasteiger partial charge in [0.1, 0.15) is 6.26 Å². The minimum atomic E-state index is -0.756. The van der Waals surface area contributed by atoms with E-state index in [0.717, 1.165) is 12.8 Å². The lowest BCUT2D eigenvalue weighted by atomic mass is 9.96. The number of hydrogen-bond acceptors (Lipinski definition) is 6. The van der Waals surface area contributed by atoms with Crippen molar-refractivity contribution in [2.75, 3.05) is 18.5 Å². The van der Waals surface area contributed by atoms with Crippen molar-refractivity contribution in [1.29, 1.82) is 0 Å². The lowest BCUT2D eigenvalue weighted by Crippen LogP contribution is -2.24. The van der Waals surface area contributed by atoms with Crippen molar-refractivity contribution in [3.05, 3.63) is 12.0 Å². The van der Waals surface area contributed by atoms with Crippen LogP contribution in [0.3, 0.4) is 0 Å². The predicted molar refractivity (Wildman–Crippen MR) is 69.4 cm³/mol. The van der Waals surface area contributed by atoms with E-state index >= 15 is 0 Å². The molecule has 1 aliphatic rings. The van der Waals surface area contributed by atoms with E-state index < -0.39 is 11.9 Å². The van der Waals surface area contributed by atoms with Gasteiger partial charge in [-0.05, 0) is 25.7 Å². The van der Waals surface area contributed by atoms with E-state index in [2.05, 4.69) is 10.3 Å². The zero-order chi connectivity index (χ0) is 14.5. The van der Waals surface area contributed by atoms with Crippen molar-refractivity contribution in [3.8, 4) is 0 Å². The number of nitrogens with zero attached hydrogens (tertiary/aromatic N) is 1. The topological polar surface area (TPSA) is 102 Å². The Morgan fingerprint density at radius 3 is 3.05 bits per heavy atom. The van der Waals surface area contributed by atoms with Crippen molar-refractivity contribution in [2.45, 2.75) is 26.2 Å². The van der Waals surface area contributed by atoms with E-state index in [4.69, 9.17) is 14.3 Å². The average molecular weight is 282 g/mol. The molecule has 7 heteroatoms. The van der Waals surface area contributed by atoms with E-state index in [1.807, 2.05) is 0 Å². The van der Waals surface area contributed by atoms with Crippen LogP contribution in [0.25, 0.3) is 0 Å². The summed E-state index contributed by atoms with van der Waals surface area (Å²) in [5.74, 6) is -1.55. The number of hydrogen-bond donors (Lipinski definition) is 2. The van der Waals surface area contributed by atoms with Gasteiger partial charge in [-0.3, -0.25) is 4.79 Å². The average Bonchev–Trinajstić information content (AvgIpc) is 3.05. The van der Waals surface area contributed by atoms with Crippen molar-refractivity contribution >= 4 is 18.0 Å². The van der Waals surface area contributed by atoms with Gasteiger partial charge in [-0.2, -0.15) is 4.98 Å². The summed E-state index contributed by atoms with van der Waals surface area (Å²) in [4.78, 5) is 26.4. The van der Waals surface area contributed by atoms with Gasteiger partial charge >= 0.3 is 11.9 Å². The Balaban J connectivity index is 1.88. The van der Waals surface area contributed by atoms with Crippen LogP contribution in [0.5, 0.6) is 0 Å². The lowest BCUT2D eigenvalue weighted by molar-refractivity contribution is -0.142. The fourth-order valence-electron chi connectivity index (χ4n) is 2.48. The Morgan fingerprint density at radius 1 is 1.55 bits per heavy atom. The molecular formula is C13H18N2O5. The summed E-state index contributed by atoms with van der Waals surface area (Å²) in [5, 5.41) is 12.0. The predicted octanol–water partition coefficient (Wildman–Crippen LogP) is 1.76. The molecule has 2 rings (SSSR count). The molecule has 20 heavy (non-hydrogen) atoms. The van der Waals surface area contributed by atoms with E-state index in [0.29, 0.717) is 13.0 Å². The maximum Gasteiger partial charge on any atom is 0.360 e. The highest BCUT2D eigenvalue weighted by Crippen LogP contribution is 2.32. The summed E-state index contributed by atoms with van der Waals surface area (Å²) in [6.45, 7) is 2.46. The third kappa shape index (κ3) is 3.28. The van der Waals surface area contributed by atoms with Crippen molar-refractivity contribution < 1.29 is 23.8 Å². The molecule has 0 saturated heterocycles. The molecule has 1 aliphatic carbocycles. The minimum Gasteiger partial charge on any atom is -0.481 e. The zero-order valence-corrected chi connectivity index (χ0v) is 11.3. The van der Waals surface area contributed by atoms with Crippen molar-refractivity contribution in [2.24, 2.45) is 11.8 Å². The fraction of sp³-hybridized carbons (Fsp3) is 0.615. The smallest absolute Gasteiger partial charge is 0.360 e. The van der Waals surface area contributed by atoms with Crippen LogP contribution < -0.4 is 5.32 Å². The Morgan fingerprint density at radius 2 is 2.35 bits per heavy atom. The van der Waals surface area contributed by atoms with Gasteiger partial charge in [-0.15, -0.1) is 0 Å². The van der Waals surface area contributed by atoms with Crippen LogP contribution in [-0.4, -0.2) is 35.2 Å². The monoisotopic (exact) mass is 282 g/mol. The Hall–Kier alpha value is -2.05. The molecule has 0 aliphatic heterocycles. The number of ether oxygens (including phenoxy) is 1. The molecule has 110 valence electrons. The molecular weight excluding hydrogens is 264 g/mol. The first-order chi connectivity index (χ1) is 9.61. The van der Waals surface area contributed by atoms with Crippen LogP contribution in [0.15, 0.2) is 10.7 Å². The summed E-state index contributed by atoms with van der Waals surface area (Å²) < 4.78 is 9.92. The summed E-state index contributed by atoms with van der Waals surface area (Å²) in [6, 6.07) is 0.212. The molecule has 1 saturated carbocycles. The van der Waals surface area contributed by atoms with E-state index in [1.54, 1.807) is 6.92 Å². The molecule has 1 aromatic rings. The normalized spacial score (nSPS) is 21.6. The van der Waals surface area contributed by atoms with E-state index in [-0.39, 0.29) is 30.2 Å². The minimum absolute atomic E-state index is 0.0606. The molecule has 0 spiro atoms. The Kier molecular flexibility index (Phi) is 4.60. The van der Waals surface area contributed by atoms with Gasteiger partial charge in [0.2, 0.25) is 0 Å². The second-order valence-corrected chi connectivity index (χ2v) is 4.77. The molecule has 7 nitrogen and oxygen atoms in total. The number of carbonyl (C=O) groups is 2. The first-order valence-electron chi connectivity index (χ1n) is 6.71. The number of esters is 1. The van der Waals surface area contributed by atoms with E-state index in [9.17, 15) is 9.59 Å². The molecule has 0 amide bonds. The quantitative estimate of drug-likeness (QED) is 0.766. The van der Waals surface area contributed by atoms with Gasteiger partial charge < -0.3 is 19.6 Å². The highest BCUT2D eigenvalue weighted by atomic mass is 16.5. The Bertz CT molecular complexity index is 485. The number of rotatable bonds is 6. The number of carbonyl (C=O) groups excluding carboxylic acids is 1.